The third-order valence-corrected chi connectivity index (χ3v) is 5.60. The molecule has 27 heavy (non-hydrogen) atoms. The first-order valence-corrected chi connectivity index (χ1v) is 9.99. The molecule has 1 aliphatic rings. The van der Waals surface area contributed by atoms with Gasteiger partial charge in [-0.15, -0.1) is 0 Å². The molecule has 0 saturated carbocycles. The first kappa shape index (κ1) is 19.1. The van der Waals surface area contributed by atoms with E-state index in [4.69, 9.17) is 4.74 Å². The number of hydrogen-bond acceptors (Lipinski definition) is 6. The first-order valence-electron chi connectivity index (χ1n) is 8.55. The molecule has 144 valence electrons. The van der Waals surface area contributed by atoms with E-state index in [0.29, 0.717) is 12.8 Å². The number of hydrogen-bond donors (Lipinski definition) is 2. The van der Waals surface area contributed by atoms with Crippen molar-refractivity contribution in [3.05, 3.63) is 54.4 Å². The third-order valence-electron chi connectivity index (χ3n) is 4.11. The molecule has 0 atom stereocenters. The Kier molecular flexibility index (Phi) is 6.20. The fourth-order valence-corrected chi connectivity index (χ4v) is 3.86. The van der Waals surface area contributed by atoms with Crippen molar-refractivity contribution in [3.63, 3.8) is 0 Å². The van der Waals surface area contributed by atoms with E-state index in [-0.39, 0.29) is 31.7 Å². The summed E-state index contributed by atoms with van der Waals surface area (Å²) in [5.41, 5.74) is 0.905. The number of carbonyl (C=O) groups excluding carboxylic acids is 1. The Hall–Kier alpha value is -2.72. The molecule has 0 unspecified atom stereocenters. The number of benzene rings is 1. The highest BCUT2D eigenvalue weighted by atomic mass is 32.2. The summed E-state index contributed by atoms with van der Waals surface area (Å²) in [6, 6.07) is 10.9. The number of alkyl carbamates (subject to hydrolysis) is 1. The van der Waals surface area contributed by atoms with E-state index in [2.05, 4.69) is 20.0 Å². The summed E-state index contributed by atoms with van der Waals surface area (Å²) in [5.74, 6) is 0.0299. The second kappa shape index (κ2) is 8.78. The molecule has 1 aromatic carbocycles. The summed E-state index contributed by atoms with van der Waals surface area (Å²) in [6.07, 6.45) is 3.41. The van der Waals surface area contributed by atoms with Gasteiger partial charge >= 0.3 is 16.3 Å². The summed E-state index contributed by atoms with van der Waals surface area (Å²) in [4.78, 5) is 19.6. The molecule has 1 amide bonds. The van der Waals surface area contributed by atoms with E-state index < -0.39 is 16.3 Å². The van der Waals surface area contributed by atoms with Crippen LogP contribution < -0.4 is 10.0 Å². The van der Waals surface area contributed by atoms with E-state index in [1.165, 1.54) is 16.7 Å². The van der Waals surface area contributed by atoms with Gasteiger partial charge in [-0.2, -0.15) is 12.7 Å². The standard InChI is InChI=1S/C17H21N5O4S/c23-17(26-13-14-5-2-1-3-6-14)20-15-7-11-22(12-8-15)27(24,25)21-16-18-9-4-10-19-16/h1-6,9-10,15H,7-8,11-13H2,(H,20,23)(H,18,19,21). The van der Waals surface area contributed by atoms with Crippen molar-refractivity contribution >= 4 is 22.3 Å². The zero-order chi connectivity index (χ0) is 19.1. The van der Waals surface area contributed by atoms with Crippen LogP contribution in [0.3, 0.4) is 0 Å². The molecule has 1 fully saturated rings. The summed E-state index contributed by atoms with van der Waals surface area (Å²) >= 11 is 0. The SMILES string of the molecule is O=C(NC1CCN(S(=O)(=O)Nc2ncccn2)CC1)OCc1ccccc1. The first-order chi connectivity index (χ1) is 13.0. The normalized spacial score (nSPS) is 15.9. The number of aromatic nitrogens is 2. The van der Waals surface area contributed by atoms with Crippen LogP contribution in [0.4, 0.5) is 10.7 Å². The lowest BCUT2D eigenvalue weighted by Crippen LogP contribution is -2.48. The Morgan fingerprint density at radius 2 is 1.78 bits per heavy atom. The Labute approximate surface area is 158 Å². The van der Waals surface area contributed by atoms with Crippen molar-refractivity contribution in [1.29, 1.82) is 0 Å². The topological polar surface area (TPSA) is 114 Å². The van der Waals surface area contributed by atoms with Crippen molar-refractivity contribution in [2.75, 3.05) is 17.8 Å². The van der Waals surface area contributed by atoms with Crippen LogP contribution in [0.25, 0.3) is 0 Å². The van der Waals surface area contributed by atoms with Crippen LogP contribution in [0.1, 0.15) is 18.4 Å². The molecule has 0 spiro atoms. The molecule has 2 N–H and O–H groups in total. The fourth-order valence-electron chi connectivity index (χ4n) is 2.70. The summed E-state index contributed by atoms with van der Waals surface area (Å²) < 4.78 is 33.6. The number of anilines is 1. The summed E-state index contributed by atoms with van der Waals surface area (Å²) in [7, 11) is -3.72. The maximum Gasteiger partial charge on any atom is 0.407 e. The molecule has 0 aliphatic carbocycles. The van der Waals surface area contributed by atoms with Crippen LogP contribution >= 0.6 is 0 Å². The maximum atomic E-state index is 12.4. The van der Waals surface area contributed by atoms with E-state index in [0.717, 1.165) is 5.56 Å². The number of ether oxygens (including phenoxy) is 1. The quantitative estimate of drug-likeness (QED) is 0.772. The maximum absolute atomic E-state index is 12.4. The van der Waals surface area contributed by atoms with Crippen molar-refractivity contribution in [2.24, 2.45) is 0 Å². The van der Waals surface area contributed by atoms with E-state index in [1.54, 1.807) is 6.07 Å². The molecule has 3 rings (SSSR count). The highest BCUT2D eigenvalue weighted by molar-refractivity contribution is 7.90. The second-order valence-electron chi connectivity index (χ2n) is 6.06. The zero-order valence-electron chi connectivity index (χ0n) is 14.6. The predicted molar refractivity (Wildman–Crippen MR) is 98.9 cm³/mol. The third kappa shape index (κ3) is 5.63. The van der Waals surface area contributed by atoms with E-state index in [1.807, 2.05) is 30.3 Å². The average Bonchev–Trinajstić information content (AvgIpc) is 2.68. The number of carbonyl (C=O) groups is 1. The average molecular weight is 391 g/mol. The Bertz CT molecular complexity index is 840. The molecular weight excluding hydrogens is 370 g/mol. The molecule has 1 aromatic heterocycles. The number of rotatable bonds is 6. The Morgan fingerprint density at radius 3 is 2.44 bits per heavy atom. The molecule has 0 bridgehead atoms. The van der Waals surface area contributed by atoms with Gasteiger partial charge in [0.05, 0.1) is 0 Å². The Balaban J connectivity index is 1.43. The predicted octanol–water partition coefficient (Wildman–Crippen LogP) is 1.52. The van der Waals surface area contributed by atoms with Crippen molar-refractivity contribution in [1.82, 2.24) is 19.6 Å². The zero-order valence-corrected chi connectivity index (χ0v) is 15.4. The highest BCUT2D eigenvalue weighted by Crippen LogP contribution is 2.15. The van der Waals surface area contributed by atoms with Gasteiger partial charge < -0.3 is 10.1 Å². The molecule has 10 heteroatoms. The minimum Gasteiger partial charge on any atom is -0.445 e. The van der Waals surface area contributed by atoms with Gasteiger partial charge in [0, 0.05) is 31.5 Å². The smallest absolute Gasteiger partial charge is 0.407 e. The van der Waals surface area contributed by atoms with Crippen LogP contribution in [0, 0.1) is 0 Å². The van der Waals surface area contributed by atoms with Crippen LogP contribution in [-0.2, 0) is 21.6 Å². The van der Waals surface area contributed by atoms with Crippen LogP contribution in [0.2, 0.25) is 0 Å². The molecular formula is C17H21N5O4S. The highest BCUT2D eigenvalue weighted by Gasteiger charge is 2.29. The molecule has 2 heterocycles. The van der Waals surface area contributed by atoms with Crippen molar-refractivity contribution in [2.45, 2.75) is 25.5 Å². The van der Waals surface area contributed by atoms with Gasteiger partial charge in [-0.05, 0) is 24.5 Å². The van der Waals surface area contributed by atoms with Gasteiger partial charge in [0.25, 0.3) is 0 Å². The molecule has 2 aromatic rings. The molecule has 9 nitrogen and oxygen atoms in total. The van der Waals surface area contributed by atoms with Gasteiger partial charge in [0.15, 0.2) is 0 Å². The summed E-state index contributed by atoms with van der Waals surface area (Å²) in [6.45, 7) is 0.762. The minimum atomic E-state index is -3.72. The van der Waals surface area contributed by atoms with Gasteiger partial charge in [0.2, 0.25) is 5.95 Å². The molecule has 1 aliphatic heterocycles. The number of piperidine rings is 1. The lowest BCUT2D eigenvalue weighted by Gasteiger charge is -2.31. The van der Waals surface area contributed by atoms with Gasteiger partial charge in [0.1, 0.15) is 6.61 Å². The minimum absolute atomic E-state index is 0.0299. The molecule has 0 radical (unpaired) electrons. The van der Waals surface area contributed by atoms with Gasteiger partial charge in [-0.3, -0.25) is 0 Å². The van der Waals surface area contributed by atoms with Crippen LogP contribution in [0.15, 0.2) is 48.8 Å². The van der Waals surface area contributed by atoms with Crippen molar-refractivity contribution in [3.8, 4) is 0 Å². The lowest BCUT2D eigenvalue weighted by molar-refractivity contribution is 0.131. The summed E-state index contributed by atoms with van der Waals surface area (Å²) in [5, 5.41) is 2.78. The fraction of sp³-hybridized carbons (Fsp3) is 0.353. The van der Waals surface area contributed by atoms with Crippen LogP contribution in [0.5, 0.6) is 0 Å². The van der Waals surface area contributed by atoms with Crippen molar-refractivity contribution < 1.29 is 17.9 Å². The van der Waals surface area contributed by atoms with Gasteiger partial charge in [-0.25, -0.2) is 19.5 Å². The lowest BCUT2D eigenvalue weighted by atomic mass is 10.1. The van der Waals surface area contributed by atoms with E-state index >= 15 is 0 Å². The largest absolute Gasteiger partial charge is 0.445 e. The Morgan fingerprint density at radius 1 is 1.11 bits per heavy atom. The molecule has 1 saturated heterocycles. The number of amides is 1. The number of nitrogens with zero attached hydrogens (tertiary/aromatic N) is 3. The van der Waals surface area contributed by atoms with Crippen LogP contribution in [-0.4, -0.2) is 47.9 Å². The number of nitrogens with one attached hydrogen (secondary N) is 2. The second-order valence-corrected chi connectivity index (χ2v) is 7.73. The monoisotopic (exact) mass is 391 g/mol. The van der Waals surface area contributed by atoms with Gasteiger partial charge in [-0.1, -0.05) is 30.3 Å². The van der Waals surface area contributed by atoms with E-state index in [9.17, 15) is 13.2 Å².